The molecule has 0 atom stereocenters. The molecule has 2 amide bonds. The lowest BCUT2D eigenvalue weighted by molar-refractivity contribution is 0.195. The zero-order valence-corrected chi connectivity index (χ0v) is 9.81. The molecule has 2 N–H and O–H groups in total. The molecule has 0 aromatic carbocycles. The molecule has 5 nitrogen and oxygen atoms in total. The topological polar surface area (TPSA) is 57.3 Å². The van der Waals surface area contributed by atoms with Gasteiger partial charge in [-0.3, -0.25) is 10.7 Å². The normalized spacial score (nSPS) is 15.6. The van der Waals surface area contributed by atoms with Crippen molar-refractivity contribution in [3.05, 3.63) is 36.0 Å². The minimum atomic E-state index is -0.251. The largest absolute Gasteiger partial charge is 0.334 e. The molecule has 1 aliphatic rings. The van der Waals surface area contributed by atoms with Crippen molar-refractivity contribution in [1.29, 1.82) is 0 Å². The molecule has 0 fully saturated rings. The van der Waals surface area contributed by atoms with Crippen LogP contribution in [-0.2, 0) is 0 Å². The van der Waals surface area contributed by atoms with Gasteiger partial charge in [0.05, 0.1) is 0 Å². The van der Waals surface area contributed by atoms with E-state index in [1.165, 1.54) is 0 Å². The number of aryl methyl sites for hydroxylation is 1. The lowest BCUT2D eigenvalue weighted by Gasteiger charge is -2.23. The third-order valence-corrected chi connectivity index (χ3v) is 2.47. The maximum atomic E-state index is 11.7. The second-order valence-corrected chi connectivity index (χ2v) is 3.99. The van der Waals surface area contributed by atoms with Gasteiger partial charge in [0.2, 0.25) is 0 Å². The summed E-state index contributed by atoms with van der Waals surface area (Å²) in [4.78, 5) is 15.7. The summed E-state index contributed by atoms with van der Waals surface area (Å²) < 4.78 is 0. The van der Waals surface area contributed by atoms with E-state index < -0.39 is 0 Å². The molecule has 0 radical (unpaired) electrons. The molecule has 0 saturated heterocycles. The number of urea groups is 1. The van der Waals surface area contributed by atoms with Crippen LogP contribution in [0.4, 0.5) is 10.6 Å². The first-order chi connectivity index (χ1) is 8.24. The molecule has 0 spiro atoms. The van der Waals surface area contributed by atoms with Gasteiger partial charge in [-0.2, -0.15) is 0 Å². The van der Waals surface area contributed by atoms with E-state index in [0.29, 0.717) is 5.82 Å². The van der Waals surface area contributed by atoms with Gasteiger partial charge in [0.15, 0.2) is 0 Å². The average molecular weight is 232 g/mol. The van der Waals surface area contributed by atoms with Crippen molar-refractivity contribution in [3.8, 4) is 0 Å². The smallest absolute Gasteiger partial charge is 0.291 e. The zero-order valence-electron chi connectivity index (χ0n) is 9.81. The van der Waals surface area contributed by atoms with Gasteiger partial charge in [-0.15, -0.1) is 0 Å². The Hall–Kier alpha value is -1.88. The van der Waals surface area contributed by atoms with Crippen LogP contribution in [0.3, 0.4) is 0 Å². The van der Waals surface area contributed by atoms with Crippen molar-refractivity contribution >= 4 is 11.8 Å². The van der Waals surface area contributed by atoms with Gasteiger partial charge in [-0.25, -0.2) is 14.8 Å². The van der Waals surface area contributed by atoms with E-state index >= 15 is 0 Å². The minimum absolute atomic E-state index is 0.251. The Morgan fingerprint density at radius 1 is 1.47 bits per heavy atom. The number of hydrogen-bond donors (Lipinski definition) is 2. The van der Waals surface area contributed by atoms with Gasteiger partial charge < -0.3 is 0 Å². The second-order valence-electron chi connectivity index (χ2n) is 3.99. The molecule has 2 rings (SSSR count). The summed E-state index contributed by atoms with van der Waals surface area (Å²) in [7, 11) is 0. The molecule has 0 bridgehead atoms. The summed E-state index contributed by atoms with van der Waals surface area (Å²) in [5, 5.41) is 4.57. The first kappa shape index (κ1) is 11.6. The predicted molar refractivity (Wildman–Crippen MR) is 66.5 cm³/mol. The van der Waals surface area contributed by atoms with Gasteiger partial charge in [0.1, 0.15) is 5.82 Å². The summed E-state index contributed by atoms with van der Waals surface area (Å²) in [6, 6.07) is 3.46. The van der Waals surface area contributed by atoms with Crippen LogP contribution < -0.4 is 10.7 Å². The van der Waals surface area contributed by atoms with Crippen LogP contribution in [0, 0.1) is 6.92 Å². The molecule has 1 aromatic heterocycles. The Labute approximate surface area is 101 Å². The van der Waals surface area contributed by atoms with Gasteiger partial charge in [0, 0.05) is 19.3 Å². The summed E-state index contributed by atoms with van der Waals surface area (Å²) in [5.74, 6) is 0.565. The summed E-state index contributed by atoms with van der Waals surface area (Å²) in [6.07, 6.45) is 6.78. The number of carbonyl (C=O) groups excluding carboxylic acids is 1. The first-order valence-electron chi connectivity index (χ1n) is 5.64. The third kappa shape index (κ3) is 3.57. The number of rotatable bonds is 2. The Morgan fingerprint density at radius 2 is 2.35 bits per heavy atom. The summed E-state index contributed by atoms with van der Waals surface area (Å²) in [6.45, 7) is 3.54. The molecule has 90 valence electrons. The van der Waals surface area contributed by atoms with Crippen LogP contribution in [0.25, 0.3) is 0 Å². The van der Waals surface area contributed by atoms with Crippen LogP contribution >= 0.6 is 0 Å². The van der Waals surface area contributed by atoms with Gasteiger partial charge in [-0.1, -0.05) is 12.2 Å². The Bertz CT molecular complexity index is 430. The highest BCUT2D eigenvalue weighted by Gasteiger charge is 2.09. The van der Waals surface area contributed by atoms with Crippen molar-refractivity contribution in [1.82, 2.24) is 15.4 Å². The second kappa shape index (κ2) is 5.45. The first-order valence-corrected chi connectivity index (χ1v) is 5.64. The van der Waals surface area contributed by atoms with E-state index in [4.69, 9.17) is 0 Å². The van der Waals surface area contributed by atoms with Crippen LogP contribution in [-0.4, -0.2) is 29.1 Å². The van der Waals surface area contributed by atoms with Crippen molar-refractivity contribution in [2.75, 3.05) is 18.4 Å². The van der Waals surface area contributed by atoms with Crippen molar-refractivity contribution < 1.29 is 4.79 Å². The highest BCUT2D eigenvalue weighted by Crippen LogP contribution is 2.05. The van der Waals surface area contributed by atoms with Gasteiger partial charge in [0.25, 0.3) is 0 Å². The van der Waals surface area contributed by atoms with Crippen LogP contribution in [0.5, 0.6) is 0 Å². The standard InChI is InChI=1S/C12H16N4O/c1-10-5-6-13-11(9-10)14-12(17)15-16-7-3-2-4-8-16/h2-3,5-6,9H,4,7-8H2,1H3,(H2,13,14,15,17). The number of aromatic nitrogens is 1. The van der Waals surface area contributed by atoms with E-state index in [9.17, 15) is 4.79 Å². The summed E-state index contributed by atoms with van der Waals surface area (Å²) >= 11 is 0. The molecule has 0 unspecified atom stereocenters. The van der Waals surface area contributed by atoms with Crippen LogP contribution in [0.15, 0.2) is 30.5 Å². The number of hydrogen-bond acceptors (Lipinski definition) is 3. The Morgan fingerprint density at radius 3 is 3.06 bits per heavy atom. The van der Waals surface area contributed by atoms with Crippen molar-refractivity contribution in [2.45, 2.75) is 13.3 Å². The maximum absolute atomic E-state index is 11.7. The van der Waals surface area contributed by atoms with E-state index in [1.54, 1.807) is 6.20 Å². The average Bonchev–Trinajstić information content (AvgIpc) is 2.30. The van der Waals surface area contributed by atoms with Crippen molar-refractivity contribution in [3.63, 3.8) is 0 Å². The number of hydrazine groups is 1. The highest BCUT2D eigenvalue weighted by atomic mass is 16.2. The molecule has 1 aromatic rings. The number of anilines is 1. The quantitative estimate of drug-likeness (QED) is 0.763. The molecule has 5 heteroatoms. The van der Waals surface area contributed by atoms with E-state index in [-0.39, 0.29) is 6.03 Å². The molecular formula is C12H16N4O. The SMILES string of the molecule is Cc1ccnc(NC(=O)NN2CC=CCC2)c1. The van der Waals surface area contributed by atoms with Gasteiger partial charge in [-0.05, 0) is 31.0 Å². The number of nitrogens with one attached hydrogen (secondary N) is 2. The third-order valence-electron chi connectivity index (χ3n) is 2.47. The minimum Gasteiger partial charge on any atom is -0.291 e. The molecule has 0 aliphatic carbocycles. The van der Waals surface area contributed by atoms with E-state index in [2.05, 4.69) is 21.8 Å². The highest BCUT2D eigenvalue weighted by molar-refractivity contribution is 5.87. The molecule has 0 saturated carbocycles. The predicted octanol–water partition coefficient (Wildman–Crippen LogP) is 1.69. The van der Waals surface area contributed by atoms with Gasteiger partial charge >= 0.3 is 6.03 Å². The molecule has 17 heavy (non-hydrogen) atoms. The Kier molecular flexibility index (Phi) is 3.72. The molecule has 2 heterocycles. The van der Waals surface area contributed by atoms with Crippen LogP contribution in [0.2, 0.25) is 0 Å². The zero-order chi connectivity index (χ0) is 12.1. The van der Waals surface area contributed by atoms with Crippen molar-refractivity contribution in [2.24, 2.45) is 0 Å². The number of carbonyl (C=O) groups is 1. The summed E-state index contributed by atoms with van der Waals surface area (Å²) in [5.41, 5.74) is 3.84. The number of nitrogens with zero attached hydrogens (tertiary/aromatic N) is 2. The monoisotopic (exact) mass is 232 g/mol. The molecular weight excluding hydrogens is 216 g/mol. The molecule has 1 aliphatic heterocycles. The van der Waals surface area contributed by atoms with E-state index in [0.717, 1.165) is 25.1 Å². The lowest BCUT2D eigenvalue weighted by Crippen LogP contribution is -2.45. The number of pyridine rings is 1. The van der Waals surface area contributed by atoms with E-state index in [1.807, 2.05) is 30.1 Å². The number of amides is 2. The fourth-order valence-corrected chi connectivity index (χ4v) is 1.64. The van der Waals surface area contributed by atoms with Crippen LogP contribution in [0.1, 0.15) is 12.0 Å². The lowest BCUT2D eigenvalue weighted by atomic mass is 10.3. The fraction of sp³-hybridized carbons (Fsp3) is 0.333. The fourth-order valence-electron chi connectivity index (χ4n) is 1.64. The maximum Gasteiger partial charge on any atom is 0.334 e. The Balaban J connectivity index is 1.86.